The summed E-state index contributed by atoms with van der Waals surface area (Å²) in [6.45, 7) is 1.74. The van der Waals surface area contributed by atoms with Crippen molar-refractivity contribution in [3.05, 3.63) is 28.4 Å². The Morgan fingerprint density at radius 3 is 2.78 bits per heavy atom. The number of aromatic nitrogens is 1. The summed E-state index contributed by atoms with van der Waals surface area (Å²) in [7, 11) is 0. The first-order valence-electron chi connectivity index (χ1n) is 5.73. The van der Waals surface area contributed by atoms with E-state index >= 15 is 0 Å². The monoisotopic (exact) mass is 250 g/mol. The van der Waals surface area contributed by atoms with Crippen LogP contribution in [0.5, 0.6) is 0 Å². The van der Waals surface area contributed by atoms with E-state index in [4.69, 9.17) is 0 Å². The van der Waals surface area contributed by atoms with Crippen LogP contribution in [-0.2, 0) is 4.79 Å². The quantitative estimate of drug-likeness (QED) is 0.601. The first kappa shape index (κ1) is 12.3. The fourth-order valence-electron chi connectivity index (χ4n) is 1.45. The van der Waals surface area contributed by atoms with Gasteiger partial charge in [0.1, 0.15) is 6.04 Å². The van der Waals surface area contributed by atoms with Crippen LogP contribution in [0.15, 0.2) is 18.3 Å². The third kappa shape index (κ3) is 3.16. The fourth-order valence-corrected chi connectivity index (χ4v) is 1.45. The zero-order valence-electron chi connectivity index (χ0n) is 9.92. The Bertz CT molecular complexity index is 456. The minimum atomic E-state index is -0.562. The summed E-state index contributed by atoms with van der Waals surface area (Å²) < 4.78 is 0. The summed E-state index contributed by atoms with van der Waals surface area (Å²) in [4.78, 5) is 25.2. The Labute approximate surface area is 104 Å². The molecule has 0 spiro atoms. The summed E-state index contributed by atoms with van der Waals surface area (Å²) >= 11 is 0. The van der Waals surface area contributed by atoms with Crippen LogP contribution in [0.2, 0.25) is 0 Å². The van der Waals surface area contributed by atoms with Crippen molar-refractivity contribution in [2.45, 2.75) is 31.8 Å². The van der Waals surface area contributed by atoms with E-state index in [1.807, 2.05) is 0 Å². The third-order valence-corrected chi connectivity index (χ3v) is 2.64. The number of anilines is 1. The Morgan fingerprint density at radius 2 is 2.28 bits per heavy atom. The van der Waals surface area contributed by atoms with Crippen molar-refractivity contribution in [2.75, 3.05) is 5.32 Å². The van der Waals surface area contributed by atoms with E-state index in [2.05, 4.69) is 15.6 Å². The van der Waals surface area contributed by atoms with Gasteiger partial charge in [-0.1, -0.05) is 0 Å². The molecule has 0 aromatic carbocycles. The lowest BCUT2D eigenvalue weighted by Crippen LogP contribution is -2.38. The van der Waals surface area contributed by atoms with Gasteiger partial charge in [0.15, 0.2) is 6.20 Å². The van der Waals surface area contributed by atoms with Crippen molar-refractivity contribution in [3.8, 4) is 0 Å². The number of carbonyl (C=O) groups excluding carboxylic acids is 1. The molecule has 1 unspecified atom stereocenters. The predicted molar refractivity (Wildman–Crippen MR) is 65.1 cm³/mol. The Hall–Kier alpha value is -2.18. The normalized spacial score (nSPS) is 15.8. The van der Waals surface area contributed by atoms with Gasteiger partial charge in [0.2, 0.25) is 5.91 Å². The van der Waals surface area contributed by atoms with Crippen LogP contribution in [0.1, 0.15) is 19.8 Å². The first-order chi connectivity index (χ1) is 8.56. The van der Waals surface area contributed by atoms with E-state index in [1.165, 1.54) is 18.3 Å². The maximum atomic E-state index is 11.7. The Morgan fingerprint density at radius 1 is 1.56 bits per heavy atom. The van der Waals surface area contributed by atoms with Gasteiger partial charge in [-0.2, -0.15) is 0 Å². The second kappa shape index (κ2) is 4.99. The van der Waals surface area contributed by atoms with Gasteiger partial charge in [-0.05, 0) is 35.7 Å². The number of nitrogens with one attached hydrogen (secondary N) is 2. The van der Waals surface area contributed by atoms with E-state index in [-0.39, 0.29) is 11.7 Å². The summed E-state index contributed by atoms with van der Waals surface area (Å²) in [6, 6.07) is 2.76. The lowest BCUT2D eigenvalue weighted by Gasteiger charge is -2.13. The van der Waals surface area contributed by atoms with E-state index in [0.29, 0.717) is 11.7 Å². The molecule has 0 radical (unpaired) electrons. The number of amides is 1. The second-order valence-corrected chi connectivity index (χ2v) is 4.31. The highest BCUT2D eigenvalue weighted by Crippen LogP contribution is 2.19. The maximum absolute atomic E-state index is 11.7. The molecule has 1 aliphatic carbocycles. The van der Waals surface area contributed by atoms with E-state index in [0.717, 1.165) is 12.8 Å². The van der Waals surface area contributed by atoms with Crippen LogP contribution in [0.4, 0.5) is 11.5 Å². The van der Waals surface area contributed by atoms with Gasteiger partial charge in [-0.25, -0.2) is 0 Å². The molecule has 1 aromatic rings. The molecule has 96 valence electrons. The van der Waals surface area contributed by atoms with E-state index in [1.54, 1.807) is 6.92 Å². The number of pyridine rings is 1. The van der Waals surface area contributed by atoms with Gasteiger partial charge in [-0.15, -0.1) is 0 Å². The molecule has 1 saturated carbocycles. The number of carbonyl (C=O) groups is 1. The van der Waals surface area contributed by atoms with Crippen LogP contribution < -0.4 is 10.6 Å². The number of nitro groups is 1. The molecule has 0 saturated heterocycles. The molecule has 7 nitrogen and oxygen atoms in total. The van der Waals surface area contributed by atoms with Crippen molar-refractivity contribution >= 4 is 17.4 Å². The lowest BCUT2D eigenvalue weighted by atomic mass is 10.3. The highest BCUT2D eigenvalue weighted by atomic mass is 16.6. The molecule has 1 fully saturated rings. The summed E-state index contributed by atoms with van der Waals surface area (Å²) in [5.41, 5.74) is 0.582. The lowest BCUT2D eigenvalue weighted by molar-refractivity contribution is -0.389. The van der Waals surface area contributed by atoms with Crippen molar-refractivity contribution < 1.29 is 9.72 Å². The van der Waals surface area contributed by atoms with E-state index in [9.17, 15) is 14.9 Å². The number of nitrogens with zero attached hydrogens (tertiary/aromatic N) is 2. The molecular formula is C11H14N4O3. The van der Waals surface area contributed by atoms with Crippen LogP contribution in [-0.4, -0.2) is 27.9 Å². The topological polar surface area (TPSA) is 97.2 Å². The average Bonchev–Trinajstić information content (AvgIpc) is 3.13. The van der Waals surface area contributed by atoms with Crippen LogP contribution in [0, 0.1) is 10.1 Å². The van der Waals surface area contributed by atoms with Gasteiger partial charge in [0, 0.05) is 12.1 Å². The predicted octanol–water partition coefficient (Wildman–Crippen LogP) is 1.07. The van der Waals surface area contributed by atoms with Crippen LogP contribution in [0.25, 0.3) is 0 Å². The fraction of sp³-hybridized carbons (Fsp3) is 0.455. The Balaban J connectivity index is 1.91. The largest absolute Gasteiger partial charge is 0.371 e. The highest BCUT2D eigenvalue weighted by molar-refractivity contribution is 5.84. The minimum absolute atomic E-state index is 0.0733. The molecule has 7 heteroatoms. The van der Waals surface area contributed by atoms with Gasteiger partial charge >= 0.3 is 5.82 Å². The Kier molecular flexibility index (Phi) is 3.40. The molecule has 18 heavy (non-hydrogen) atoms. The van der Waals surface area contributed by atoms with Crippen molar-refractivity contribution in [2.24, 2.45) is 0 Å². The van der Waals surface area contributed by atoms with Gasteiger partial charge in [-0.3, -0.25) is 4.79 Å². The summed E-state index contributed by atoms with van der Waals surface area (Å²) in [5, 5.41) is 16.2. The SMILES string of the molecule is CC(Nc1ccc([N+](=O)[O-])nc1)C(=O)NC1CC1. The number of hydrogen-bond acceptors (Lipinski definition) is 5. The van der Waals surface area contributed by atoms with Crippen molar-refractivity contribution in [3.63, 3.8) is 0 Å². The van der Waals surface area contributed by atoms with Crippen LogP contribution in [0.3, 0.4) is 0 Å². The van der Waals surface area contributed by atoms with Crippen molar-refractivity contribution in [1.29, 1.82) is 0 Å². The minimum Gasteiger partial charge on any atom is -0.371 e. The smallest absolute Gasteiger partial charge is 0.363 e. The molecule has 1 aromatic heterocycles. The molecule has 1 atom stereocenters. The molecular weight excluding hydrogens is 236 g/mol. The van der Waals surface area contributed by atoms with Gasteiger partial charge in [0.25, 0.3) is 0 Å². The van der Waals surface area contributed by atoms with Crippen molar-refractivity contribution in [1.82, 2.24) is 10.3 Å². The maximum Gasteiger partial charge on any atom is 0.363 e. The number of hydrogen-bond donors (Lipinski definition) is 2. The third-order valence-electron chi connectivity index (χ3n) is 2.64. The molecule has 1 amide bonds. The standard InChI is InChI=1S/C11H14N4O3/c1-7(11(16)14-8-2-3-8)13-9-4-5-10(12-6-9)15(17)18/h4-8,13H,2-3H2,1H3,(H,14,16). The number of rotatable bonds is 5. The van der Waals surface area contributed by atoms with Gasteiger partial charge < -0.3 is 20.7 Å². The molecule has 2 N–H and O–H groups in total. The highest BCUT2D eigenvalue weighted by Gasteiger charge is 2.25. The summed E-state index contributed by atoms with van der Waals surface area (Å²) in [5.74, 6) is -0.286. The first-order valence-corrected chi connectivity index (χ1v) is 5.73. The summed E-state index contributed by atoms with van der Waals surface area (Å²) in [6.07, 6.45) is 3.42. The average molecular weight is 250 g/mol. The van der Waals surface area contributed by atoms with E-state index < -0.39 is 11.0 Å². The van der Waals surface area contributed by atoms with Crippen LogP contribution >= 0.6 is 0 Å². The second-order valence-electron chi connectivity index (χ2n) is 4.31. The molecule has 0 bridgehead atoms. The molecule has 1 aliphatic rings. The molecule has 0 aliphatic heterocycles. The molecule has 2 rings (SSSR count). The zero-order valence-corrected chi connectivity index (χ0v) is 9.92. The molecule has 1 heterocycles. The van der Waals surface area contributed by atoms with Gasteiger partial charge in [0.05, 0.1) is 5.69 Å². The zero-order chi connectivity index (χ0) is 13.1.